The predicted molar refractivity (Wildman–Crippen MR) is 70.3 cm³/mol. The number of nitrogens with zero attached hydrogens (tertiary/aromatic N) is 1. The number of aromatic nitrogens is 1. The Morgan fingerprint density at radius 3 is 2.72 bits per heavy atom. The quantitative estimate of drug-likeness (QED) is 0.905. The van der Waals surface area contributed by atoms with E-state index in [4.69, 9.17) is 16.7 Å². The summed E-state index contributed by atoms with van der Waals surface area (Å²) in [5.41, 5.74) is 1.46. The van der Waals surface area contributed by atoms with Crippen LogP contribution in [0, 0.1) is 6.92 Å². The van der Waals surface area contributed by atoms with Gasteiger partial charge in [-0.2, -0.15) is 0 Å². The van der Waals surface area contributed by atoms with E-state index in [-0.39, 0.29) is 11.8 Å². The summed E-state index contributed by atoms with van der Waals surface area (Å²) in [4.78, 5) is 23.1. The van der Waals surface area contributed by atoms with E-state index < -0.39 is 5.97 Å². The van der Waals surface area contributed by atoms with E-state index in [1.165, 1.54) is 0 Å². The summed E-state index contributed by atoms with van der Waals surface area (Å²) >= 11 is 5.88. The number of fused-ring (bicyclic) bond motifs is 1. The van der Waals surface area contributed by atoms with Gasteiger partial charge in [-0.1, -0.05) is 11.6 Å². The number of pyridine rings is 1. The standard InChI is InChI=1S/C13H12ClNO3/c1-7-9(6-12(16)17)13(18)10-5-8(14)3-4-11(10)15(7)2/h3-5H,6H2,1-2H3,(H,16,17). The third-order valence-corrected chi connectivity index (χ3v) is 3.34. The molecule has 1 aromatic heterocycles. The smallest absolute Gasteiger partial charge is 0.308 e. The maximum Gasteiger partial charge on any atom is 0.308 e. The molecular formula is C13H12ClNO3. The topological polar surface area (TPSA) is 59.3 Å². The average Bonchev–Trinajstić information content (AvgIpc) is 2.31. The van der Waals surface area contributed by atoms with Gasteiger partial charge in [0.05, 0.1) is 11.9 Å². The zero-order valence-electron chi connectivity index (χ0n) is 10.0. The van der Waals surface area contributed by atoms with Gasteiger partial charge in [-0.15, -0.1) is 0 Å². The minimum absolute atomic E-state index is 0.259. The molecule has 2 aromatic rings. The number of rotatable bonds is 2. The molecule has 5 heteroatoms. The number of carboxylic acid groups (broad SMARTS) is 1. The summed E-state index contributed by atoms with van der Waals surface area (Å²) in [7, 11) is 1.80. The third kappa shape index (κ3) is 1.99. The van der Waals surface area contributed by atoms with Crippen LogP contribution in [0.3, 0.4) is 0 Å². The van der Waals surface area contributed by atoms with Crippen LogP contribution >= 0.6 is 11.6 Å². The van der Waals surface area contributed by atoms with Crippen LogP contribution in [0.1, 0.15) is 11.3 Å². The Hall–Kier alpha value is -1.81. The number of benzene rings is 1. The van der Waals surface area contributed by atoms with Crippen molar-refractivity contribution in [2.75, 3.05) is 0 Å². The molecule has 18 heavy (non-hydrogen) atoms. The molecule has 2 rings (SSSR count). The summed E-state index contributed by atoms with van der Waals surface area (Å²) in [6, 6.07) is 5.04. The van der Waals surface area contributed by atoms with Gasteiger partial charge < -0.3 is 9.67 Å². The fraction of sp³-hybridized carbons (Fsp3) is 0.231. The zero-order chi connectivity index (χ0) is 13.4. The molecule has 0 unspecified atom stereocenters. The molecule has 1 heterocycles. The van der Waals surface area contributed by atoms with Crippen molar-refractivity contribution in [1.82, 2.24) is 4.57 Å². The van der Waals surface area contributed by atoms with Crippen molar-refractivity contribution in [1.29, 1.82) is 0 Å². The molecule has 94 valence electrons. The number of hydrogen-bond donors (Lipinski definition) is 1. The lowest BCUT2D eigenvalue weighted by molar-refractivity contribution is -0.136. The van der Waals surface area contributed by atoms with Gasteiger partial charge >= 0.3 is 5.97 Å². The third-order valence-electron chi connectivity index (χ3n) is 3.11. The van der Waals surface area contributed by atoms with Crippen LogP contribution in [-0.2, 0) is 18.3 Å². The van der Waals surface area contributed by atoms with E-state index in [0.717, 1.165) is 5.52 Å². The largest absolute Gasteiger partial charge is 0.481 e. The second-order valence-corrected chi connectivity index (χ2v) is 4.62. The minimum atomic E-state index is -1.02. The van der Waals surface area contributed by atoms with Crippen molar-refractivity contribution in [3.8, 4) is 0 Å². The van der Waals surface area contributed by atoms with E-state index in [2.05, 4.69) is 0 Å². The Labute approximate surface area is 108 Å². The molecular weight excluding hydrogens is 254 g/mol. The van der Waals surface area contributed by atoms with Crippen molar-refractivity contribution in [2.45, 2.75) is 13.3 Å². The Morgan fingerprint density at radius 1 is 1.44 bits per heavy atom. The summed E-state index contributed by atoms with van der Waals surface area (Å²) in [6.07, 6.45) is -0.277. The van der Waals surface area contributed by atoms with Gasteiger partial charge in [0.25, 0.3) is 0 Å². The summed E-state index contributed by atoms with van der Waals surface area (Å²) in [6.45, 7) is 1.74. The van der Waals surface area contributed by atoms with Crippen molar-refractivity contribution in [3.05, 3.63) is 44.7 Å². The highest BCUT2D eigenvalue weighted by Crippen LogP contribution is 2.19. The van der Waals surface area contributed by atoms with Gasteiger partial charge in [0, 0.05) is 28.7 Å². The lowest BCUT2D eigenvalue weighted by atomic mass is 10.1. The fourth-order valence-corrected chi connectivity index (χ4v) is 2.22. The average molecular weight is 266 g/mol. The Bertz CT molecular complexity index is 703. The van der Waals surface area contributed by atoms with E-state index in [1.54, 1.807) is 32.2 Å². The molecule has 0 amide bonds. The summed E-state index contributed by atoms with van der Waals surface area (Å²) in [5, 5.41) is 9.77. The second kappa shape index (κ2) is 4.46. The molecule has 0 saturated carbocycles. The van der Waals surface area contributed by atoms with Crippen molar-refractivity contribution in [3.63, 3.8) is 0 Å². The van der Waals surface area contributed by atoms with E-state index in [1.807, 2.05) is 4.57 Å². The highest BCUT2D eigenvalue weighted by atomic mass is 35.5. The van der Waals surface area contributed by atoms with Gasteiger partial charge in [0.1, 0.15) is 0 Å². The molecule has 1 aromatic carbocycles. The number of aliphatic carboxylic acids is 1. The molecule has 0 aliphatic rings. The molecule has 0 aliphatic heterocycles. The highest BCUT2D eigenvalue weighted by Gasteiger charge is 2.14. The maximum atomic E-state index is 12.3. The Morgan fingerprint density at radius 2 is 2.11 bits per heavy atom. The highest BCUT2D eigenvalue weighted by molar-refractivity contribution is 6.31. The summed E-state index contributed by atoms with van der Waals surface area (Å²) < 4.78 is 1.81. The molecule has 1 N–H and O–H groups in total. The van der Waals surface area contributed by atoms with Crippen LogP contribution in [0.25, 0.3) is 10.9 Å². The van der Waals surface area contributed by atoms with E-state index >= 15 is 0 Å². The van der Waals surface area contributed by atoms with Gasteiger partial charge in [-0.05, 0) is 25.1 Å². The number of aryl methyl sites for hydroxylation is 1. The first-order valence-electron chi connectivity index (χ1n) is 5.41. The maximum absolute atomic E-state index is 12.3. The molecule has 0 fully saturated rings. The predicted octanol–water partition coefficient (Wildman–Crippen LogP) is 2.13. The van der Waals surface area contributed by atoms with Crippen LogP contribution in [0.5, 0.6) is 0 Å². The van der Waals surface area contributed by atoms with Crippen molar-refractivity contribution >= 4 is 28.5 Å². The molecule has 0 spiro atoms. The first kappa shape index (κ1) is 12.6. The molecule has 0 bridgehead atoms. The molecule has 0 saturated heterocycles. The lowest BCUT2D eigenvalue weighted by Crippen LogP contribution is -2.20. The van der Waals surface area contributed by atoms with Gasteiger partial charge in [-0.25, -0.2) is 0 Å². The number of halogens is 1. The van der Waals surface area contributed by atoms with Gasteiger partial charge in [0.2, 0.25) is 0 Å². The first-order valence-corrected chi connectivity index (χ1v) is 5.79. The number of carbonyl (C=O) groups is 1. The van der Waals surface area contributed by atoms with E-state index in [9.17, 15) is 9.59 Å². The lowest BCUT2D eigenvalue weighted by Gasteiger charge is -2.13. The molecule has 4 nitrogen and oxygen atoms in total. The molecule has 0 aliphatic carbocycles. The van der Waals surface area contributed by atoms with Crippen LogP contribution < -0.4 is 5.43 Å². The summed E-state index contributed by atoms with van der Waals surface area (Å²) in [5.74, 6) is -1.02. The Kier molecular flexibility index (Phi) is 3.13. The SMILES string of the molecule is Cc1c(CC(=O)O)c(=O)c2cc(Cl)ccc2n1C. The van der Waals surface area contributed by atoms with Crippen molar-refractivity contribution in [2.24, 2.45) is 7.05 Å². The van der Waals surface area contributed by atoms with Crippen molar-refractivity contribution < 1.29 is 9.90 Å². The number of hydrogen-bond acceptors (Lipinski definition) is 2. The zero-order valence-corrected chi connectivity index (χ0v) is 10.8. The Balaban J connectivity index is 2.88. The number of carboxylic acids is 1. The monoisotopic (exact) mass is 265 g/mol. The van der Waals surface area contributed by atoms with E-state index in [0.29, 0.717) is 21.7 Å². The van der Waals surface area contributed by atoms with Gasteiger partial charge in [-0.3, -0.25) is 9.59 Å². The van der Waals surface area contributed by atoms with Crippen LogP contribution in [0.4, 0.5) is 0 Å². The van der Waals surface area contributed by atoms with Crippen LogP contribution in [-0.4, -0.2) is 15.6 Å². The normalized spacial score (nSPS) is 10.8. The van der Waals surface area contributed by atoms with Gasteiger partial charge in [0.15, 0.2) is 5.43 Å². The first-order chi connectivity index (χ1) is 8.41. The van der Waals surface area contributed by atoms with Crippen LogP contribution in [0.15, 0.2) is 23.0 Å². The fourth-order valence-electron chi connectivity index (χ4n) is 2.05. The second-order valence-electron chi connectivity index (χ2n) is 4.18. The molecule has 0 atom stereocenters. The van der Waals surface area contributed by atoms with Crippen LogP contribution in [0.2, 0.25) is 5.02 Å². The minimum Gasteiger partial charge on any atom is -0.481 e. The molecule has 0 radical (unpaired) electrons.